The molecule has 0 saturated carbocycles. The molecule has 0 spiro atoms. The Hall–Kier alpha value is -2.59. The van der Waals surface area contributed by atoms with Crippen LogP contribution in [0.5, 0.6) is 0 Å². The van der Waals surface area contributed by atoms with E-state index in [2.05, 4.69) is 54.2 Å². The van der Waals surface area contributed by atoms with Gasteiger partial charge >= 0.3 is 5.97 Å². The van der Waals surface area contributed by atoms with E-state index in [4.69, 9.17) is 5.11 Å². The van der Waals surface area contributed by atoms with Gasteiger partial charge in [-0.05, 0) is 43.2 Å². The van der Waals surface area contributed by atoms with Gasteiger partial charge in [-0.3, -0.25) is 0 Å². The molecule has 0 bridgehead atoms. The zero-order valence-electron chi connectivity index (χ0n) is 14.0. The molecule has 3 aromatic rings. The molecule has 3 rings (SSSR count). The second-order valence-electron chi connectivity index (χ2n) is 6.28. The third-order valence-electron chi connectivity index (χ3n) is 4.22. The summed E-state index contributed by atoms with van der Waals surface area (Å²) in [5, 5.41) is 13.7. The molecule has 0 fully saturated rings. The highest BCUT2D eigenvalue weighted by atomic mass is 16.4. The molecule has 0 unspecified atom stereocenters. The predicted molar refractivity (Wildman–Crippen MR) is 96.3 cm³/mol. The van der Waals surface area contributed by atoms with Crippen molar-refractivity contribution in [2.24, 2.45) is 0 Å². The number of nitrogens with zero attached hydrogens (tertiary/aromatic N) is 1. The summed E-state index contributed by atoms with van der Waals surface area (Å²) in [6.45, 7) is 5.86. The van der Waals surface area contributed by atoms with E-state index in [1.165, 1.54) is 16.5 Å². The second-order valence-corrected chi connectivity index (χ2v) is 6.28. The fourth-order valence-electron chi connectivity index (χ4n) is 2.95. The van der Waals surface area contributed by atoms with Crippen molar-refractivity contribution >= 4 is 16.9 Å². The van der Waals surface area contributed by atoms with Crippen LogP contribution in [0.25, 0.3) is 10.9 Å². The van der Waals surface area contributed by atoms with Crippen LogP contribution in [0.4, 0.5) is 0 Å². The Morgan fingerprint density at radius 3 is 2.46 bits per heavy atom. The summed E-state index contributed by atoms with van der Waals surface area (Å²) in [7, 11) is 0. The Morgan fingerprint density at radius 1 is 1.08 bits per heavy atom. The highest BCUT2D eigenvalue weighted by Crippen LogP contribution is 2.24. The van der Waals surface area contributed by atoms with Gasteiger partial charge in [-0.2, -0.15) is 0 Å². The molecule has 0 saturated heterocycles. The van der Waals surface area contributed by atoms with Gasteiger partial charge in [0, 0.05) is 36.2 Å². The molecule has 0 amide bonds. The summed E-state index contributed by atoms with van der Waals surface area (Å²) in [6.07, 6.45) is 2.22. The van der Waals surface area contributed by atoms with E-state index in [0.717, 1.165) is 12.1 Å². The van der Waals surface area contributed by atoms with Crippen LogP contribution in [0.3, 0.4) is 0 Å². The maximum absolute atomic E-state index is 10.9. The number of carboxylic acid groups (broad SMARTS) is 1. The van der Waals surface area contributed by atoms with Gasteiger partial charge in [0.25, 0.3) is 0 Å². The van der Waals surface area contributed by atoms with Crippen molar-refractivity contribution in [3.05, 3.63) is 71.4 Å². The van der Waals surface area contributed by atoms with Crippen molar-refractivity contribution in [2.75, 3.05) is 0 Å². The van der Waals surface area contributed by atoms with Gasteiger partial charge in [-0.1, -0.05) is 30.3 Å². The molecule has 2 aromatic carbocycles. The fraction of sp³-hybridized carbons (Fsp3) is 0.250. The van der Waals surface area contributed by atoms with Crippen molar-refractivity contribution < 1.29 is 9.90 Å². The van der Waals surface area contributed by atoms with Crippen molar-refractivity contribution in [3.8, 4) is 0 Å². The Labute approximate surface area is 141 Å². The molecule has 124 valence electrons. The molecule has 2 N–H and O–H groups in total. The number of rotatable bonds is 6. The minimum Gasteiger partial charge on any atom is -0.478 e. The molecule has 4 nitrogen and oxygen atoms in total. The summed E-state index contributed by atoms with van der Waals surface area (Å²) >= 11 is 0. The van der Waals surface area contributed by atoms with E-state index < -0.39 is 5.97 Å². The van der Waals surface area contributed by atoms with Gasteiger partial charge in [0.05, 0.1) is 5.56 Å². The topological polar surface area (TPSA) is 54.3 Å². The zero-order chi connectivity index (χ0) is 17.1. The molecule has 1 aromatic heterocycles. The van der Waals surface area contributed by atoms with Crippen LogP contribution in [0.1, 0.15) is 41.4 Å². The number of hydrogen-bond acceptors (Lipinski definition) is 2. The molecule has 0 aliphatic rings. The van der Waals surface area contributed by atoms with Crippen LogP contribution in [0.2, 0.25) is 0 Å². The largest absolute Gasteiger partial charge is 0.478 e. The first-order valence-corrected chi connectivity index (χ1v) is 8.17. The van der Waals surface area contributed by atoms with Gasteiger partial charge < -0.3 is 15.0 Å². The first kappa shape index (κ1) is 16.3. The van der Waals surface area contributed by atoms with Crippen LogP contribution >= 0.6 is 0 Å². The highest BCUT2D eigenvalue weighted by molar-refractivity contribution is 5.87. The average molecular weight is 322 g/mol. The van der Waals surface area contributed by atoms with E-state index >= 15 is 0 Å². The SMILES string of the molecule is CC(C)n1cc(CNCc2ccc(C(=O)O)cc2)c2ccccc21. The van der Waals surface area contributed by atoms with Gasteiger partial charge in [-0.25, -0.2) is 4.79 Å². The van der Waals surface area contributed by atoms with E-state index in [1.807, 2.05) is 12.1 Å². The van der Waals surface area contributed by atoms with Gasteiger partial charge in [0.2, 0.25) is 0 Å². The van der Waals surface area contributed by atoms with E-state index in [1.54, 1.807) is 12.1 Å². The Balaban J connectivity index is 1.71. The molecule has 4 heteroatoms. The molecule has 0 aliphatic heterocycles. The Kier molecular flexibility index (Phi) is 4.67. The minimum atomic E-state index is -0.893. The van der Waals surface area contributed by atoms with E-state index in [9.17, 15) is 4.79 Å². The Bertz CT molecular complexity index is 848. The first-order chi connectivity index (χ1) is 11.6. The molecule has 24 heavy (non-hydrogen) atoms. The fourth-order valence-corrected chi connectivity index (χ4v) is 2.95. The van der Waals surface area contributed by atoms with Gasteiger partial charge in [-0.15, -0.1) is 0 Å². The van der Waals surface area contributed by atoms with Gasteiger partial charge in [0.1, 0.15) is 0 Å². The lowest BCUT2D eigenvalue weighted by atomic mass is 10.1. The lowest BCUT2D eigenvalue weighted by Crippen LogP contribution is -2.12. The summed E-state index contributed by atoms with van der Waals surface area (Å²) < 4.78 is 2.30. The third kappa shape index (κ3) is 3.34. The third-order valence-corrected chi connectivity index (χ3v) is 4.22. The number of aromatic carboxylic acids is 1. The maximum atomic E-state index is 10.9. The van der Waals surface area contributed by atoms with E-state index in [0.29, 0.717) is 18.2 Å². The number of hydrogen-bond donors (Lipinski definition) is 2. The van der Waals surface area contributed by atoms with Crippen molar-refractivity contribution in [2.45, 2.75) is 33.0 Å². The average Bonchev–Trinajstić information content (AvgIpc) is 2.95. The summed E-state index contributed by atoms with van der Waals surface area (Å²) in [5.41, 5.74) is 3.93. The molecular formula is C20H22N2O2. The standard InChI is InChI=1S/C20H22N2O2/c1-14(2)22-13-17(18-5-3-4-6-19(18)22)12-21-11-15-7-9-16(10-8-15)20(23)24/h3-10,13-14,21H,11-12H2,1-2H3,(H,23,24). The maximum Gasteiger partial charge on any atom is 0.335 e. The van der Waals surface area contributed by atoms with Crippen molar-refractivity contribution in [1.29, 1.82) is 0 Å². The number of nitrogens with one attached hydrogen (secondary N) is 1. The van der Waals surface area contributed by atoms with Crippen LogP contribution < -0.4 is 5.32 Å². The van der Waals surface area contributed by atoms with Crippen LogP contribution in [0.15, 0.2) is 54.7 Å². The van der Waals surface area contributed by atoms with Crippen molar-refractivity contribution in [1.82, 2.24) is 9.88 Å². The monoisotopic (exact) mass is 322 g/mol. The number of carboxylic acids is 1. The minimum absolute atomic E-state index is 0.318. The summed E-state index contributed by atoms with van der Waals surface area (Å²) in [5.74, 6) is -0.893. The molecular weight excluding hydrogens is 300 g/mol. The zero-order valence-corrected chi connectivity index (χ0v) is 14.0. The van der Waals surface area contributed by atoms with Crippen LogP contribution in [-0.2, 0) is 13.1 Å². The lowest BCUT2D eigenvalue weighted by molar-refractivity contribution is 0.0697. The number of carbonyl (C=O) groups is 1. The number of fused-ring (bicyclic) bond motifs is 1. The highest BCUT2D eigenvalue weighted by Gasteiger charge is 2.09. The number of para-hydroxylation sites is 1. The number of aromatic nitrogens is 1. The summed E-state index contributed by atoms with van der Waals surface area (Å²) in [6, 6.07) is 15.9. The molecule has 0 radical (unpaired) electrons. The normalized spacial score (nSPS) is 11.3. The van der Waals surface area contributed by atoms with Crippen LogP contribution in [0, 0.1) is 0 Å². The van der Waals surface area contributed by atoms with Crippen molar-refractivity contribution in [3.63, 3.8) is 0 Å². The lowest BCUT2D eigenvalue weighted by Gasteiger charge is -2.08. The first-order valence-electron chi connectivity index (χ1n) is 8.17. The summed E-state index contributed by atoms with van der Waals surface area (Å²) in [4.78, 5) is 10.9. The molecule has 1 heterocycles. The smallest absolute Gasteiger partial charge is 0.335 e. The predicted octanol–water partition coefficient (Wildman–Crippen LogP) is 4.21. The molecule has 0 atom stereocenters. The second kappa shape index (κ2) is 6.89. The molecule has 0 aliphatic carbocycles. The quantitative estimate of drug-likeness (QED) is 0.715. The van der Waals surface area contributed by atoms with Gasteiger partial charge in [0.15, 0.2) is 0 Å². The van der Waals surface area contributed by atoms with Crippen LogP contribution in [-0.4, -0.2) is 15.6 Å². The number of benzene rings is 2. The Morgan fingerprint density at radius 2 is 1.79 bits per heavy atom. The van der Waals surface area contributed by atoms with E-state index in [-0.39, 0.29) is 0 Å².